The molecule has 1 atom stereocenters. The molecule has 8 nitrogen and oxygen atoms in total. The van der Waals surface area contributed by atoms with Crippen LogP contribution in [0.25, 0.3) is 0 Å². The number of carbonyl (C=O) groups excluding carboxylic acids is 1. The highest BCUT2D eigenvalue weighted by Crippen LogP contribution is 2.24. The van der Waals surface area contributed by atoms with E-state index in [-0.39, 0.29) is 24.1 Å². The Morgan fingerprint density at radius 1 is 1.02 bits per heavy atom. The number of carbonyl (C=O) groups is 2. The van der Waals surface area contributed by atoms with Crippen molar-refractivity contribution in [2.45, 2.75) is 18.9 Å². The number of carboxylic acids is 1. The molecule has 0 spiro atoms. The molecular formula is C32H35N3O5. The Morgan fingerprint density at radius 2 is 1.73 bits per heavy atom. The first-order chi connectivity index (χ1) is 19.4. The van der Waals surface area contributed by atoms with E-state index in [1.54, 1.807) is 48.5 Å². The molecule has 0 aliphatic carbocycles. The number of para-hydroxylation sites is 2. The van der Waals surface area contributed by atoms with Crippen LogP contribution in [0.5, 0.6) is 17.2 Å². The summed E-state index contributed by atoms with van der Waals surface area (Å²) in [7, 11) is 0. The summed E-state index contributed by atoms with van der Waals surface area (Å²) in [5, 5.41) is 12.3. The number of likely N-dealkylation sites (tertiary alicyclic amines) is 1. The van der Waals surface area contributed by atoms with E-state index < -0.39 is 5.97 Å². The second-order valence-electron chi connectivity index (χ2n) is 9.65. The number of benzene rings is 3. The first-order valence-corrected chi connectivity index (χ1v) is 13.3. The lowest BCUT2D eigenvalue weighted by atomic mass is 9.97. The topological polar surface area (TPSA) is 114 Å². The lowest BCUT2D eigenvalue weighted by Crippen LogP contribution is -2.39. The minimum absolute atomic E-state index is 0.174. The van der Waals surface area contributed by atoms with Crippen LogP contribution in [0.15, 0.2) is 103 Å². The molecule has 1 aliphatic rings. The van der Waals surface area contributed by atoms with Crippen LogP contribution in [0.1, 0.15) is 33.6 Å². The number of nitrogens with two attached hydrogens (primary N) is 1. The van der Waals surface area contributed by atoms with Gasteiger partial charge in [0, 0.05) is 30.9 Å². The third kappa shape index (κ3) is 7.97. The molecule has 4 rings (SSSR count). The molecule has 3 aromatic carbocycles. The molecule has 0 radical (unpaired) electrons. The molecule has 208 valence electrons. The van der Waals surface area contributed by atoms with Gasteiger partial charge in [-0.15, -0.1) is 0 Å². The van der Waals surface area contributed by atoms with E-state index in [1.165, 1.54) is 0 Å². The largest absolute Gasteiger partial charge is 0.492 e. The molecule has 1 unspecified atom stereocenters. The van der Waals surface area contributed by atoms with E-state index in [9.17, 15) is 14.7 Å². The Morgan fingerprint density at radius 3 is 2.45 bits per heavy atom. The van der Waals surface area contributed by atoms with Crippen molar-refractivity contribution < 1.29 is 24.2 Å². The summed E-state index contributed by atoms with van der Waals surface area (Å²) in [5.41, 5.74) is 7.44. The lowest BCUT2D eigenvalue weighted by Gasteiger charge is -2.34. The van der Waals surface area contributed by atoms with E-state index in [0.717, 1.165) is 31.6 Å². The number of carboxylic acid groups (broad SMARTS) is 1. The molecule has 0 saturated carbocycles. The summed E-state index contributed by atoms with van der Waals surface area (Å²) in [5.74, 6) is 0.761. The standard InChI is InChI=1S/C32H35N3O5/c1-23(35-18-16-24(17-19-35)22-39-30-13-6-5-12-29(30)32(37)38)14-15-26(21-33)34-31(36)25-8-7-11-28(20-25)40-27-9-3-2-4-10-27/h2-15,20,24,26H,1,16-19,21-22,33H2,(H,34,36)(H,37,38)/b15-14-. The normalized spacial score (nSPS) is 14.5. The number of nitrogens with one attached hydrogen (secondary N) is 1. The zero-order valence-electron chi connectivity index (χ0n) is 22.4. The quantitative estimate of drug-likeness (QED) is 0.274. The Bertz CT molecular complexity index is 1330. The fourth-order valence-electron chi connectivity index (χ4n) is 4.46. The van der Waals surface area contributed by atoms with Crippen molar-refractivity contribution in [2.75, 3.05) is 26.2 Å². The van der Waals surface area contributed by atoms with Gasteiger partial charge in [-0.05, 0) is 67.3 Å². The molecule has 0 bridgehead atoms. The molecular weight excluding hydrogens is 506 g/mol. The van der Waals surface area contributed by atoms with Crippen molar-refractivity contribution in [1.82, 2.24) is 10.2 Å². The average Bonchev–Trinajstić information content (AvgIpc) is 2.99. The third-order valence-corrected chi connectivity index (χ3v) is 6.78. The Hall–Kier alpha value is -4.56. The van der Waals surface area contributed by atoms with E-state index in [4.69, 9.17) is 15.2 Å². The van der Waals surface area contributed by atoms with E-state index in [0.29, 0.717) is 35.3 Å². The maximum atomic E-state index is 12.9. The smallest absolute Gasteiger partial charge is 0.339 e. The minimum atomic E-state index is -0.994. The molecule has 1 aliphatic heterocycles. The van der Waals surface area contributed by atoms with Gasteiger partial charge in [-0.25, -0.2) is 4.79 Å². The third-order valence-electron chi connectivity index (χ3n) is 6.78. The molecule has 1 amide bonds. The van der Waals surface area contributed by atoms with Gasteiger partial charge in [0.05, 0.1) is 12.6 Å². The van der Waals surface area contributed by atoms with Gasteiger partial charge in [-0.1, -0.05) is 49.1 Å². The minimum Gasteiger partial charge on any atom is -0.492 e. The Kier molecular flexibility index (Phi) is 9.96. The number of ether oxygens (including phenoxy) is 2. The summed E-state index contributed by atoms with van der Waals surface area (Å²) < 4.78 is 11.7. The van der Waals surface area contributed by atoms with Crippen LogP contribution in [0.3, 0.4) is 0 Å². The van der Waals surface area contributed by atoms with Crippen LogP contribution in [-0.4, -0.2) is 54.2 Å². The summed E-state index contributed by atoms with van der Waals surface area (Å²) in [4.78, 5) is 26.5. The number of amides is 1. The zero-order valence-corrected chi connectivity index (χ0v) is 22.4. The Balaban J connectivity index is 1.24. The predicted octanol–water partition coefficient (Wildman–Crippen LogP) is 5.10. The Labute approximate surface area is 234 Å². The van der Waals surface area contributed by atoms with Crippen LogP contribution in [0, 0.1) is 5.92 Å². The first-order valence-electron chi connectivity index (χ1n) is 13.3. The van der Waals surface area contributed by atoms with Crippen molar-refractivity contribution >= 4 is 11.9 Å². The maximum absolute atomic E-state index is 12.9. The number of rotatable bonds is 12. The van der Waals surface area contributed by atoms with E-state index in [1.807, 2.05) is 42.5 Å². The summed E-state index contributed by atoms with van der Waals surface area (Å²) >= 11 is 0. The van der Waals surface area contributed by atoms with Gasteiger partial charge < -0.3 is 30.5 Å². The fourth-order valence-corrected chi connectivity index (χ4v) is 4.46. The second kappa shape index (κ2) is 14.0. The number of allylic oxidation sites excluding steroid dienone is 1. The first kappa shape index (κ1) is 28.4. The molecule has 40 heavy (non-hydrogen) atoms. The maximum Gasteiger partial charge on any atom is 0.339 e. The van der Waals surface area contributed by atoms with Crippen LogP contribution < -0.4 is 20.5 Å². The zero-order chi connectivity index (χ0) is 28.3. The van der Waals surface area contributed by atoms with Crippen molar-refractivity contribution in [3.05, 3.63) is 114 Å². The van der Waals surface area contributed by atoms with Crippen molar-refractivity contribution in [2.24, 2.45) is 11.7 Å². The van der Waals surface area contributed by atoms with Crippen LogP contribution in [0.4, 0.5) is 0 Å². The highest BCUT2D eigenvalue weighted by molar-refractivity contribution is 5.95. The highest BCUT2D eigenvalue weighted by Gasteiger charge is 2.21. The van der Waals surface area contributed by atoms with Gasteiger partial charge in [0.15, 0.2) is 0 Å². The van der Waals surface area contributed by atoms with Gasteiger partial charge in [0.2, 0.25) is 0 Å². The highest BCUT2D eigenvalue weighted by atomic mass is 16.5. The predicted molar refractivity (Wildman–Crippen MR) is 155 cm³/mol. The molecule has 1 saturated heterocycles. The molecule has 0 aromatic heterocycles. The number of nitrogens with zero attached hydrogens (tertiary/aromatic N) is 1. The van der Waals surface area contributed by atoms with Gasteiger partial charge in [-0.3, -0.25) is 4.79 Å². The molecule has 1 heterocycles. The molecule has 4 N–H and O–H groups in total. The van der Waals surface area contributed by atoms with Crippen LogP contribution in [0.2, 0.25) is 0 Å². The van der Waals surface area contributed by atoms with Crippen molar-refractivity contribution in [3.63, 3.8) is 0 Å². The van der Waals surface area contributed by atoms with E-state index >= 15 is 0 Å². The molecule has 3 aromatic rings. The second-order valence-corrected chi connectivity index (χ2v) is 9.65. The molecule has 1 fully saturated rings. The van der Waals surface area contributed by atoms with Crippen molar-refractivity contribution in [1.29, 1.82) is 0 Å². The van der Waals surface area contributed by atoms with E-state index in [2.05, 4.69) is 16.8 Å². The van der Waals surface area contributed by atoms with Gasteiger partial charge in [0.1, 0.15) is 22.8 Å². The lowest BCUT2D eigenvalue weighted by molar-refractivity contribution is 0.0689. The van der Waals surface area contributed by atoms with Gasteiger partial charge in [-0.2, -0.15) is 0 Å². The molecule has 8 heteroatoms. The summed E-state index contributed by atoms with van der Waals surface area (Å²) in [6, 6.07) is 22.8. The summed E-state index contributed by atoms with van der Waals surface area (Å²) in [6.07, 6.45) is 5.57. The number of piperidine rings is 1. The number of hydrogen-bond donors (Lipinski definition) is 3. The van der Waals surface area contributed by atoms with Crippen LogP contribution in [-0.2, 0) is 0 Å². The SMILES string of the molecule is C=C(/C=C\C(CN)NC(=O)c1cccc(Oc2ccccc2)c1)N1CCC(COc2ccccc2C(=O)O)CC1. The summed E-state index contributed by atoms with van der Waals surface area (Å²) in [6.45, 7) is 6.53. The number of hydrogen-bond acceptors (Lipinski definition) is 6. The van der Waals surface area contributed by atoms with Crippen LogP contribution >= 0.6 is 0 Å². The van der Waals surface area contributed by atoms with Crippen molar-refractivity contribution in [3.8, 4) is 17.2 Å². The van der Waals surface area contributed by atoms with Gasteiger partial charge in [0.25, 0.3) is 5.91 Å². The fraction of sp³-hybridized carbons (Fsp3) is 0.250. The average molecular weight is 542 g/mol. The monoisotopic (exact) mass is 541 g/mol. The van der Waals surface area contributed by atoms with Gasteiger partial charge >= 0.3 is 5.97 Å². The number of aromatic carboxylic acids is 1.